The first kappa shape index (κ1) is 14.5. The van der Waals surface area contributed by atoms with Crippen molar-refractivity contribution in [3.63, 3.8) is 0 Å². The van der Waals surface area contributed by atoms with Gasteiger partial charge in [-0.1, -0.05) is 30.3 Å². The predicted molar refractivity (Wildman–Crippen MR) is 85.8 cm³/mol. The Kier molecular flexibility index (Phi) is 3.45. The fourth-order valence-corrected chi connectivity index (χ4v) is 4.53. The predicted octanol–water partition coefficient (Wildman–Crippen LogP) is 2.01. The molecule has 5 heteroatoms. The Morgan fingerprint density at radius 1 is 1.35 bits per heavy atom. The summed E-state index contributed by atoms with van der Waals surface area (Å²) in [6.45, 7) is 0.123. The third-order valence-corrected chi connectivity index (χ3v) is 5.55. The van der Waals surface area contributed by atoms with E-state index in [9.17, 15) is 9.90 Å². The Hall–Kier alpha value is -2.14. The van der Waals surface area contributed by atoms with Crippen molar-refractivity contribution in [1.29, 1.82) is 0 Å². The van der Waals surface area contributed by atoms with Gasteiger partial charge < -0.3 is 10.0 Å². The van der Waals surface area contributed by atoms with Crippen LogP contribution in [0.4, 0.5) is 0 Å². The number of hydrogen-bond donors (Lipinski definition) is 2. The molecule has 4 rings (SSSR count). The highest BCUT2D eigenvalue weighted by Crippen LogP contribution is 2.51. The quantitative estimate of drug-likeness (QED) is 0.907. The molecule has 0 spiro atoms. The summed E-state index contributed by atoms with van der Waals surface area (Å²) in [5.74, 6) is 0.0367. The van der Waals surface area contributed by atoms with E-state index in [1.165, 1.54) is 5.56 Å². The maximum absolute atomic E-state index is 12.8. The van der Waals surface area contributed by atoms with E-state index in [2.05, 4.69) is 22.3 Å². The number of carbonyl (C=O) groups is 1. The number of fused-ring (bicyclic) bond motifs is 2. The van der Waals surface area contributed by atoms with Crippen LogP contribution < -0.4 is 0 Å². The maximum atomic E-state index is 12.8. The Morgan fingerprint density at radius 3 is 2.87 bits per heavy atom. The number of rotatable bonds is 4. The molecule has 1 aromatic heterocycles. The lowest BCUT2D eigenvalue weighted by Gasteiger charge is -2.36. The van der Waals surface area contributed by atoms with Crippen molar-refractivity contribution in [3.8, 4) is 0 Å². The van der Waals surface area contributed by atoms with E-state index >= 15 is 0 Å². The van der Waals surface area contributed by atoms with Crippen LogP contribution in [0.1, 0.15) is 35.2 Å². The molecule has 0 unspecified atom stereocenters. The molecule has 5 nitrogen and oxygen atoms in total. The van der Waals surface area contributed by atoms with Crippen LogP contribution in [0.25, 0.3) is 0 Å². The van der Waals surface area contributed by atoms with E-state index in [-0.39, 0.29) is 30.0 Å². The molecule has 2 fully saturated rings. The molecule has 0 radical (unpaired) electrons. The van der Waals surface area contributed by atoms with Crippen LogP contribution in [-0.2, 0) is 6.42 Å². The topological polar surface area (TPSA) is 69.2 Å². The maximum Gasteiger partial charge on any atom is 0.257 e. The molecule has 0 aliphatic carbocycles. The second-order valence-electron chi connectivity index (χ2n) is 6.83. The van der Waals surface area contributed by atoms with Gasteiger partial charge in [-0.05, 0) is 31.2 Å². The minimum Gasteiger partial charge on any atom is -0.396 e. The van der Waals surface area contributed by atoms with Crippen LogP contribution in [0.15, 0.2) is 42.7 Å². The summed E-state index contributed by atoms with van der Waals surface area (Å²) in [7, 11) is 0. The number of aromatic amines is 1. The van der Waals surface area contributed by atoms with Crippen LogP contribution in [0, 0.1) is 5.41 Å². The number of amides is 1. The van der Waals surface area contributed by atoms with Gasteiger partial charge in [0.05, 0.1) is 18.4 Å². The van der Waals surface area contributed by atoms with Gasteiger partial charge in [0.1, 0.15) is 0 Å². The zero-order valence-electron chi connectivity index (χ0n) is 13.0. The average molecular weight is 311 g/mol. The van der Waals surface area contributed by atoms with E-state index < -0.39 is 0 Å². The number of H-pyrrole nitrogens is 1. The fraction of sp³-hybridized carbons (Fsp3) is 0.444. The van der Waals surface area contributed by atoms with Crippen molar-refractivity contribution >= 4 is 5.91 Å². The zero-order chi connectivity index (χ0) is 15.9. The smallest absolute Gasteiger partial charge is 0.257 e. The molecule has 2 N–H and O–H groups in total. The van der Waals surface area contributed by atoms with Gasteiger partial charge in [-0.2, -0.15) is 5.10 Å². The lowest BCUT2D eigenvalue weighted by Crippen LogP contribution is -2.43. The molecule has 0 saturated carbocycles. The van der Waals surface area contributed by atoms with E-state index in [4.69, 9.17) is 0 Å². The molecular formula is C18H21N3O2. The molecule has 1 aromatic carbocycles. The Labute approximate surface area is 135 Å². The van der Waals surface area contributed by atoms with Gasteiger partial charge in [0.2, 0.25) is 0 Å². The Bertz CT molecular complexity index is 686. The molecule has 3 heterocycles. The summed E-state index contributed by atoms with van der Waals surface area (Å²) in [5, 5.41) is 16.8. The highest BCUT2D eigenvalue weighted by atomic mass is 16.3. The van der Waals surface area contributed by atoms with Crippen LogP contribution >= 0.6 is 0 Å². The fourth-order valence-electron chi connectivity index (χ4n) is 4.53. The largest absolute Gasteiger partial charge is 0.396 e. The van der Waals surface area contributed by atoms with Crippen LogP contribution in [-0.4, -0.2) is 44.8 Å². The van der Waals surface area contributed by atoms with E-state index in [0.29, 0.717) is 5.56 Å². The minimum absolute atomic E-state index is 0.0367. The van der Waals surface area contributed by atoms with Crippen molar-refractivity contribution in [3.05, 3.63) is 53.9 Å². The van der Waals surface area contributed by atoms with Crippen LogP contribution in [0.5, 0.6) is 0 Å². The lowest BCUT2D eigenvalue weighted by molar-refractivity contribution is 0.0571. The molecule has 2 aromatic rings. The van der Waals surface area contributed by atoms with Gasteiger partial charge in [0, 0.05) is 23.7 Å². The highest BCUT2D eigenvalue weighted by Gasteiger charge is 2.57. The second kappa shape index (κ2) is 5.49. The van der Waals surface area contributed by atoms with Crippen molar-refractivity contribution in [2.24, 2.45) is 5.41 Å². The second-order valence-corrected chi connectivity index (χ2v) is 6.83. The number of hydrogen-bond acceptors (Lipinski definition) is 3. The minimum atomic E-state index is -0.219. The molecule has 23 heavy (non-hydrogen) atoms. The summed E-state index contributed by atoms with van der Waals surface area (Å²) in [6, 6.07) is 10.6. The number of aromatic nitrogens is 2. The van der Waals surface area contributed by atoms with Gasteiger partial charge in [-0.15, -0.1) is 0 Å². The summed E-state index contributed by atoms with van der Waals surface area (Å²) < 4.78 is 0. The van der Waals surface area contributed by atoms with Gasteiger partial charge >= 0.3 is 0 Å². The van der Waals surface area contributed by atoms with Crippen LogP contribution in [0.3, 0.4) is 0 Å². The van der Waals surface area contributed by atoms with Crippen molar-refractivity contribution in [2.75, 3.05) is 6.61 Å². The molecular weight excluding hydrogens is 290 g/mol. The molecule has 2 aliphatic rings. The first-order valence-electron chi connectivity index (χ1n) is 8.20. The Morgan fingerprint density at radius 2 is 2.17 bits per heavy atom. The number of nitrogens with zero attached hydrogens (tertiary/aromatic N) is 2. The number of nitrogens with one attached hydrogen (secondary N) is 1. The molecule has 120 valence electrons. The number of benzene rings is 1. The SMILES string of the molecule is O=C(c1cn[nH]c1)N1[C@@H]2CC[C@H]1[C@](CO)(Cc1ccccc1)C2. The third-order valence-electron chi connectivity index (χ3n) is 5.55. The summed E-state index contributed by atoms with van der Waals surface area (Å²) >= 11 is 0. The van der Waals surface area contributed by atoms with Gasteiger partial charge in [0.25, 0.3) is 5.91 Å². The van der Waals surface area contributed by atoms with Gasteiger partial charge in [-0.25, -0.2) is 0 Å². The molecule has 3 atom stereocenters. The number of carbonyl (C=O) groups excluding carboxylic acids is 1. The molecule has 2 bridgehead atoms. The van der Waals surface area contributed by atoms with Crippen molar-refractivity contribution in [1.82, 2.24) is 15.1 Å². The summed E-state index contributed by atoms with van der Waals surface area (Å²) in [6.07, 6.45) is 6.94. The van der Waals surface area contributed by atoms with Crippen LogP contribution in [0.2, 0.25) is 0 Å². The summed E-state index contributed by atoms with van der Waals surface area (Å²) in [5.41, 5.74) is 1.61. The average Bonchev–Trinajstić information content (AvgIpc) is 3.30. The Balaban J connectivity index is 1.62. The first-order chi connectivity index (χ1) is 11.2. The first-order valence-corrected chi connectivity index (χ1v) is 8.20. The van der Waals surface area contributed by atoms with E-state index in [1.54, 1.807) is 12.4 Å². The molecule has 2 saturated heterocycles. The highest BCUT2D eigenvalue weighted by molar-refractivity contribution is 5.94. The number of aliphatic hydroxyl groups excluding tert-OH is 1. The standard InChI is InChI=1S/C18H21N3O2/c22-12-18(8-13-4-2-1-3-5-13)9-15-6-7-16(18)21(15)17(23)14-10-19-20-11-14/h1-5,10-11,15-16,22H,6-9,12H2,(H,19,20)/t15-,16+,18-/m1/s1. The van der Waals surface area contributed by atoms with E-state index in [0.717, 1.165) is 25.7 Å². The zero-order valence-corrected chi connectivity index (χ0v) is 13.0. The van der Waals surface area contributed by atoms with Crippen molar-refractivity contribution < 1.29 is 9.90 Å². The summed E-state index contributed by atoms with van der Waals surface area (Å²) in [4.78, 5) is 14.8. The van der Waals surface area contributed by atoms with E-state index in [1.807, 2.05) is 23.1 Å². The molecule has 2 aliphatic heterocycles. The van der Waals surface area contributed by atoms with Gasteiger partial charge in [0.15, 0.2) is 0 Å². The lowest BCUT2D eigenvalue weighted by atomic mass is 9.70. The van der Waals surface area contributed by atoms with Crippen molar-refractivity contribution in [2.45, 2.75) is 37.8 Å². The van der Waals surface area contributed by atoms with Gasteiger partial charge in [-0.3, -0.25) is 9.89 Å². The third kappa shape index (κ3) is 2.27. The molecule has 1 amide bonds. The monoisotopic (exact) mass is 311 g/mol. The number of aliphatic hydroxyl groups is 1. The normalized spacial score (nSPS) is 29.2.